The summed E-state index contributed by atoms with van der Waals surface area (Å²) in [6.07, 6.45) is 4.42. The van der Waals surface area contributed by atoms with E-state index in [1.807, 2.05) is 13.0 Å². The van der Waals surface area contributed by atoms with Gasteiger partial charge in [0.2, 0.25) is 0 Å². The normalized spacial score (nSPS) is 20.0. The molecule has 0 bridgehead atoms. The molecular weight excluding hydrogens is 286 g/mol. The monoisotopic (exact) mass is 306 g/mol. The Balaban J connectivity index is 1.82. The van der Waals surface area contributed by atoms with Crippen molar-refractivity contribution in [2.45, 2.75) is 45.2 Å². The molecule has 5 heteroatoms. The average Bonchev–Trinajstić information content (AvgIpc) is 2.79. The smallest absolute Gasteiger partial charge is 0.159 e. The van der Waals surface area contributed by atoms with Crippen molar-refractivity contribution in [3.8, 4) is 0 Å². The van der Waals surface area contributed by atoms with Crippen LogP contribution in [0.2, 0.25) is 0 Å². The quantitative estimate of drug-likeness (QED) is 0.843. The van der Waals surface area contributed by atoms with Crippen molar-refractivity contribution in [2.75, 3.05) is 6.54 Å². The Kier molecular flexibility index (Phi) is 4.52. The Hall–Kier alpha value is -1.75. The first kappa shape index (κ1) is 15.2. The molecule has 2 aromatic rings. The predicted octanol–water partition coefficient (Wildman–Crippen LogP) is 4.38. The van der Waals surface area contributed by atoms with Gasteiger partial charge >= 0.3 is 0 Å². The van der Waals surface area contributed by atoms with E-state index in [0.717, 1.165) is 42.8 Å². The summed E-state index contributed by atoms with van der Waals surface area (Å²) in [5.74, 6) is -0.733. The SMILES string of the molecule is Cc1cc(C2CCCCCN2Cc2ccc(F)c(F)c2)on1. The van der Waals surface area contributed by atoms with Gasteiger partial charge in [0.15, 0.2) is 17.4 Å². The molecule has 1 saturated heterocycles. The molecule has 0 saturated carbocycles. The van der Waals surface area contributed by atoms with Crippen LogP contribution in [0.5, 0.6) is 0 Å². The van der Waals surface area contributed by atoms with Crippen LogP contribution in [0.4, 0.5) is 8.78 Å². The van der Waals surface area contributed by atoms with Crippen LogP contribution < -0.4 is 0 Å². The fourth-order valence-electron chi connectivity index (χ4n) is 3.09. The molecule has 0 radical (unpaired) electrons. The topological polar surface area (TPSA) is 29.3 Å². The highest BCUT2D eigenvalue weighted by atomic mass is 19.2. The van der Waals surface area contributed by atoms with E-state index in [1.165, 1.54) is 18.6 Å². The molecule has 1 aliphatic rings. The van der Waals surface area contributed by atoms with Crippen LogP contribution in [0.1, 0.15) is 48.7 Å². The minimum absolute atomic E-state index is 0.150. The summed E-state index contributed by atoms with van der Waals surface area (Å²) in [6.45, 7) is 3.41. The summed E-state index contributed by atoms with van der Waals surface area (Å²) in [6, 6.07) is 6.23. The first-order chi connectivity index (χ1) is 10.6. The van der Waals surface area contributed by atoms with Crippen LogP contribution >= 0.6 is 0 Å². The zero-order chi connectivity index (χ0) is 15.5. The molecule has 1 fully saturated rings. The van der Waals surface area contributed by atoms with E-state index in [-0.39, 0.29) is 6.04 Å². The molecule has 118 valence electrons. The first-order valence-corrected chi connectivity index (χ1v) is 7.74. The van der Waals surface area contributed by atoms with Crippen LogP contribution in [-0.4, -0.2) is 16.6 Å². The Morgan fingerprint density at radius 3 is 2.77 bits per heavy atom. The number of nitrogens with zero attached hydrogens (tertiary/aromatic N) is 2. The number of aromatic nitrogens is 1. The predicted molar refractivity (Wildman–Crippen MR) is 79.2 cm³/mol. The lowest BCUT2D eigenvalue weighted by atomic mass is 10.1. The van der Waals surface area contributed by atoms with Crippen LogP contribution in [0.3, 0.4) is 0 Å². The van der Waals surface area contributed by atoms with Gasteiger partial charge in [-0.15, -0.1) is 0 Å². The highest BCUT2D eigenvalue weighted by molar-refractivity contribution is 5.18. The minimum atomic E-state index is -0.804. The third kappa shape index (κ3) is 3.35. The summed E-state index contributed by atoms with van der Waals surface area (Å²) in [5, 5.41) is 3.98. The van der Waals surface area contributed by atoms with Gasteiger partial charge in [0, 0.05) is 12.6 Å². The second kappa shape index (κ2) is 6.57. The van der Waals surface area contributed by atoms with E-state index in [1.54, 1.807) is 6.07 Å². The zero-order valence-corrected chi connectivity index (χ0v) is 12.7. The molecule has 0 aliphatic carbocycles. The van der Waals surface area contributed by atoms with Crippen LogP contribution in [0.15, 0.2) is 28.8 Å². The van der Waals surface area contributed by atoms with Crippen LogP contribution in [0.25, 0.3) is 0 Å². The molecule has 0 amide bonds. The number of hydrogen-bond donors (Lipinski definition) is 0. The maximum Gasteiger partial charge on any atom is 0.159 e. The van der Waals surface area contributed by atoms with E-state index >= 15 is 0 Å². The Bertz CT molecular complexity index is 641. The molecule has 1 aliphatic heterocycles. The van der Waals surface area contributed by atoms with E-state index < -0.39 is 11.6 Å². The van der Waals surface area contributed by atoms with Crippen molar-refractivity contribution in [1.82, 2.24) is 10.1 Å². The van der Waals surface area contributed by atoms with Gasteiger partial charge in [-0.1, -0.05) is 24.1 Å². The molecule has 0 N–H and O–H groups in total. The lowest BCUT2D eigenvalue weighted by molar-refractivity contribution is 0.160. The third-order valence-corrected chi connectivity index (χ3v) is 4.21. The van der Waals surface area contributed by atoms with E-state index in [0.29, 0.717) is 6.54 Å². The average molecular weight is 306 g/mol. The number of rotatable bonds is 3. The molecule has 1 unspecified atom stereocenters. The van der Waals surface area contributed by atoms with Crippen molar-refractivity contribution < 1.29 is 13.3 Å². The fourth-order valence-corrected chi connectivity index (χ4v) is 3.09. The van der Waals surface area contributed by atoms with Gasteiger partial charge in [-0.05, 0) is 44.0 Å². The first-order valence-electron chi connectivity index (χ1n) is 7.74. The number of aryl methyl sites for hydroxylation is 1. The molecule has 1 aromatic carbocycles. The Morgan fingerprint density at radius 2 is 2.05 bits per heavy atom. The minimum Gasteiger partial charge on any atom is -0.359 e. The van der Waals surface area contributed by atoms with Crippen LogP contribution in [0, 0.1) is 18.6 Å². The lowest BCUT2D eigenvalue weighted by Gasteiger charge is -2.28. The summed E-state index contributed by atoms with van der Waals surface area (Å²) in [5.41, 5.74) is 1.65. The maximum atomic E-state index is 13.4. The van der Waals surface area contributed by atoms with Gasteiger partial charge in [-0.2, -0.15) is 0 Å². The standard InChI is InChI=1S/C17H20F2N2O/c1-12-9-17(22-20-12)16-5-3-2-4-8-21(16)11-13-6-7-14(18)15(19)10-13/h6-7,9-10,16H,2-5,8,11H2,1H3. The van der Waals surface area contributed by atoms with Crippen molar-refractivity contribution in [2.24, 2.45) is 0 Å². The zero-order valence-electron chi connectivity index (χ0n) is 12.7. The highest BCUT2D eigenvalue weighted by Gasteiger charge is 2.26. The van der Waals surface area contributed by atoms with Crippen molar-refractivity contribution in [3.05, 3.63) is 52.9 Å². The van der Waals surface area contributed by atoms with Crippen molar-refractivity contribution >= 4 is 0 Å². The molecule has 1 aromatic heterocycles. The van der Waals surface area contributed by atoms with E-state index in [4.69, 9.17) is 4.52 Å². The van der Waals surface area contributed by atoms with E-state index in [2.05, 4.69) is 10.1 Å². The number of halogens is 2. The van der Waals surface area contributed by atoms with Crippen LogP contribution in [-0.2, 0) is 6.54 Å². The molecule has 1 atom stereocenters. The van der Waals surface area contributed by atoms with Gasteiger partial charge in [-0.25, -0.2) is 8.78 Å². The Labute approximate surface area is 128 Å². The van der Waals surface area contributed by atoms with Crippen molar-refractivity contribution in [1.29, 1.82) is 0 Å². The molecule has 3 nitrogen and oxygen atoms in total. The molecule has 2 heterocycles. The second-order valence-corrected chi connectivity index (χ2v) is 5.95. The molecular formula is C17H20F2N2O. The van der Waals surface area contributed by atoms with Gasteiger partial charge < -0.3 is 4.52 Å². The number of hydrogen-bond acceptors (Lipinski definition) is 3. The van der Waals surface area contributed by atoms with Gasteiger partial charge in [0.05, 0.1) is 11.7 Å². The molecule has 0 spiro atoms. The van der Waals surface area contributed by atoms with Crippen molar-refractivity contribution in [3.63, 3.8) is 0 Å². The summed E-state index contributed by atoms with van der Waals surface area (Å²) < 4.78 is 31.9. The summed E-state index contributed by atoms with van der Waals surface area (Å²) in [7, 11) is 0. The largest absolute Gasteiger partial charge is 0.359 e. The van der Waals surface area contributed by atoms with Gasteiger partial charge in [0.1, 0.15) is 0 Å². The third-order valence-electron chi connectivity index (χ3n) is 4.21. The maximum absolute atomic E-state index is 13.4. The second-order valence-electron chi connectivity index (χ2n) is 5.95. The van der Waals surface area contributed by atoms with E-state index in [9.17, 15) is 8.78 Å². The fraction of sp³-hybridized carbons (Fsp3) is 0.471. The number of benzene rings is 1. The summed E-state index contributed by atoms with van der Waals surface area (Å²) >= 11 is 0. The molecule has 22 heavy (non-hydrogen) atoms. The highest BCUT2D eigenvalue weighted by Crippen LogP contribution is 2.31. The number of likely N-dealkylation sites (tertiary alicyclic amines) is 1. The molecule has 3 rings (SSSR count). The van der Waals surface area contributed by atoms with Gasteiger partial charge in [0.25, 0.3) is 0 Å². The Morgan fingerprint density at radius 1 is 1.18 bits per heavy atom. The summed E-state index contributed by atoms with van der Waals surface area (Å²) in [4.78, 5) is 2.28. The lowest BCUT2D eigenvalue weighted by Crippen LogP contribution is -2.28. The van der Waals surface area contributed by atoms with Gasteiger partial charge in [-0.3, -0.25) is 4.90 Å².